The van der Waals surface area contributed by atoms with Crippen LogP contribution in [0.25, 0.3) is 0 Å². The zero-order valence-electron chi connectivity index (χ0n) is 13.5. The number of rotatable bonds is 9. The Labute approximate surface area is 152 Å². The van der Waals surface area contributed by atoms with Crippen molar-refractivity contribution < 1.29 is 18.7 Å². The molecule has 0 aliphatic rings. The van der Waals surface area contributed by atoms with Crippen LogP contribution in [-0.2, 0) is 15.3 Å². The van der Waals surface area contributed by atoms with Crippen molar-refractivity contribution in [2.75, 3.05) is 31.3 Å². The van der Waals surface area contributed by atoms with Crippen molar-refractivity contribution in [3.05, 3.63) is 40.1 Å². The number of halogens is 1. The van der Waals surface area contributed by atoms with Gasteiger partial charge in [-0.15, -0.1) is 22.0 Å². The van der Waals surface area contributed by atoms with E-state index in [1.807, 2.05) is 0 Å². The summed E-state index contributed by atoms with van der Waals surface area (Å²) in [6, 6.07) is 5.60. The number of benzene rings is 1. The van der Waals surface area contributed by atoms with Crippen LogP contribution < -0.4 is 10.6 Å². The Hall–Kier alpha value is -2.04. The van der Waals surface area contributed by atoms with Gasteiger partial charge in [0.1, 0.15) is 10.8 Å². The van der Waals surface area contributed by atoms with Gasteiger partial charge in [0.05, 0.1) is 12.4 Å². The average Bonchev–Trinajstić information content (AvgIpc) is 3.04. The fraction of sp³-hybridized carbons (Fsp3) is 0.333. The number of amides is 2. The van der Waals surface area contributed by atoms with Crippen molar-refractivity contribution in [1.82, 2.24) is 15.5 Å². The van der Waals surface area contributed by atoms with E-state index >= 15 is 0 Å². The molecule has 0 fully saturated rings. The normalized spacial score (nSPS) is 10.5. The number of ether oxygens (including phenoxy) is 1. The number of carbonyl (C=O) groups excluding carboxylic acids is 2. The number of hydrogen-bond donors (Lipinski definition) is 2. The summed E-state index contributed by atoms with van der Waals surface area (Å²) in [7, 11) is 1.57. The first kappa shape index (κ1) is 19.3. The van der Waals surface area contributed by atoms with Crippen LogP contribution in [0.3, 0.4) is 0 Å². The molecule has 1 aromatic carbocycles. The number of methoxy groups -OCH3 is 1. The lowest BCUT2D eigenvalue weighted by atomic mass is 10.3. The van der Waals surface area contributed by atoms with Crippen molar-refractivity contribution >= 4 is 40.6 Å². The number of thioether (sulfide) groups is 1. The van der Waals surface area contributed by atoms with Gasteiger partial charge in [-0.05, 0) is 18.2 Å². The predicted molar refractivity (Wildman–Crippen MR) is 95.3 cm³/mol. The fourth-order valence-corrected chi connectivity index (χ4v) is 3.37. The molecule has 1 heterocycles. The second-order valence-electron chi connectivity index (χ2n) is 4.80. The molecule has 2 amide bonds. The summed E-state index contributed by atoms with van der Waals surface area (Å²) in [6.45, 7) is 0.940. The number of carbonyl (C=O) groups is 2. The molecule has 0 spiro atoms. The molecule has 0 saturated heterocycles. The van der Waals surface area contributed by atoms with Gasteiger partial charge in [-0.25, -0.2) is 4.39 Å². The SMILES string of the molecule is COCCNC(=O)CSCc1nnc(C(=O)Nc2cccc(F)c2)s1. The summed E-state index contributed by atoms with van der Waals surface area (Å²) in [5, 5.41) is 13.9. The topological polar surface area (TPSA) is 93.2 Å². The molecule has 0 aliphatic heterocycles. The molecule has 0 atom stereocenters. The van der Waals surface area contributed by atoms with Gasteiger partial charge < -0.3 is 15.4 Å². The second kappa shape index (κ2) is 10.1. The smallest absolute Gasteiger partial charge is 0.286 e. The van der Waals surface area contributed by atoms with Crippen LogP contribution in [0.2, 0.25) is 0 Å². The minimum atomic E-state index is -0.448. The molecule has 134 valence electrons. The lowest BCUT2D eigenvalue weighted by Gasteiger charge is -2.03. The van der Waals surface area contributed by atoms with Crippen LogP contribution in [-0.4, -0.2) is 48.0 Å². The molecule has 25 heavy (non-hydrogen) atoms. The predicted octanol–water partition coefficient (Wildman–Crippen LogP) is 1.93. The molecule has 2 aromatic rings. The van der Waals surface area contributed by atoms with Crippen molar-refractivity contribution in [3.8, 4) is 0 Å². The molecule has 2 rings (SSSR count). The number of nitrogens with one attached hydrogen (secondary N) is 2. The maximum absolute atomic E-state index is 13.1. The van der Waals surface area contributed by atoms with Crippen LogP contribution in [0.1, 0.15) is 14.8 Å². The molecule has 10 heteroatoms. The zero-order chi connectivity index (χ0) is 18.1. The van der Waals surface area contributed by atoms with E-state index in [9.17, 15) is 14.0 Å². The highest BCUT2D eigenvalue weighted by Gasteiger charge is 2.13. The minimum absolute atomic E-state index is 0.0874. The van der Waals surface area contributed by atoms with Gasteiger partial charge in [-0.2, -0.15) is 0 Å². The first-order valence-electron chi connectivity index (χ1n) is 7.31. The molecule has 1 aromatic heterocycles. The summed E-state index contributed by atoms with van der Waals surface area (Å²) in [6.07, 6.45) is 0. The van der Waals surface area contributed by atoms with Crippen LogP contribution in [0, 0.1) is 5.82 Å². The van der Waals surface area contributed by atoms with Crippen LogP contribution in [0.15, 0.2) is 24.3 Å². The lowest BCUT2D eigenvalue weighted by Crippen LogP contribution is -2.28. The van der Waals surface area contributed by atoms with E-state index in [2.05, 4.69) is 20.8 Å². The van der Waals surface area contributed by atoms with Gasteiger partial charge in [0, 0.05) is 25.1 Å². The summed E-state index contributed by atoms with van der Waals surface area (Å²) in [5.41, 5.74) is 0.351. The molecule has 2 N–H and O–H groups in total. The van der Waals surface area contributed by atoms with E-state index in [1.165, 1.54) is 30.0 Å². The first-order chi connectivity index (χ1) is 12.1. The van der Waals surface area contributed by atoms with E-state index in [1.54, 1.807) is 13.2 Å². The monoisotopic (exact) mass is 384 g/mol. The molecule has 0 bridgehead atoms. The van der Waals surface area contributed by atoms with Crippen molar-refractivity contribution in [3.63, 3.8) is 0 Å². The molecular formula is C15H17FN4O3S2. The van der Waals surface area contributed by atoms with Gasteiger partial charge >= 0.3 is 0 Å². The highest BCUT2D eigenvalue weighted by atomic mass is 32.2. The van der Waals surface area contributed by atoms with E-state index < -0.39 is 11.7 Å². The Kier molecular flexibility index (Phi) is 7.76. The number of hydrogen-bond acceptors (Lipinski definition) is 7. The summed E-state index contributed by atoms with van der Waals surface area (Å²) in [5.74, 6) is -0.209. The van der Waals surface area contributed by atoms with Gasteiger partial charge in [0.25, 0.3) is 5.91 Å². The van der Waals surface area contributed by atoms with E-state index in [0.29, 0.717) is 29.6 Å². The van der Waals surface area contributed by atoms with Crippen molar-refractivity contribution in [2.24, 2.45) is 0 Å². The Morgan fingerprint density at radius 1 is 1.36 bits per heavy atom. The highest BCUT2D eigenvalue weighted by Crippen LogP contribution is 2.18. The molecule has 7 nitrogen and oxygen atoms in total. The lowest BCUT2D eigenvalue weighted by molar-refractivity contribution is -0.118. The van der Waals surface area contributed by atoms with E-state index in [-0.39, 0.29) is 16.7 Å². The minimum Gasteiger partial charge on any atom is -0.383 e. The molecule has 0 saturated carbocycles. The Morgan fingerprint density at radius 2 is 2.20 bits per heavy atom. The molecule has 0 aliphatic carbocycles. The average molecular weight is 384 g/mol. The van der Waals surface area contributed by atoms with E-state index in [0.717, 1.165) is 11.3 Å². The number of aromatic nitrogens is 2. The van der Waals surface area contributed by atoms with Crippen LogP contribution in [0.4, 0.5) is 10.1 Å². The second-order valence-corrected chi connectivity index (χ2v) is 6.85. The highest BCUT2D eigenvalue weighted by molar-refractivity contribution is 7.99. The third-order valence-corrected chi connectivity index (χ3v) is 4.88. The quantitative estimate of drug-likeness (QED) is 0.642. The van der Waals surface area contributed by atoms with E-state index in [4.69, 9.17) is 4.74 Å². The Bertz CT molecular complexity index is 726. The molecule has 0 unspecified atom stereocenters. The molecule has 0 radical (unpaired) electrons. The summed E-state index contributed by atoms with van der Waals surface area (Å²) < 4.78 is 18.0. The Balaban J connectivity index is 1.77. The summed E-state index contributed by atoms with van der Waals surface area (Å²) >= 11 is 2.51. The Morgan fingerprint density at radius 3 is 2.96 bits per heavy atom. The largest absolute Gasteiger partial charge is 0.383 e. The maximum atomic E-state index is 13.1. The number of nitrogens with zero attached hydrogens (tertiary/aromatic N) is 2. The van der Waals surface area contributed by atoms with Crippen LogP contribution >= 0.6 is 23.1 Å². The first-order valence-corrected chi connectivity index (χ1v) is 9.28. The zero-order valence-corrected chi connectivity index (χ0v) is 15.1. The van der Waals surface area contributed by atoms with Gasteiger partial charge in [-0.1, -0.05) is 17.4 Å². The molecular weight excluding hydrogens is 367 g/mol. The fourth-order valence-electron chi connectivity index (χ4n) is 1.73. The third-order valence-electron chi connectivity index (χ3n) is 2.83. The standard InChI is InChI=1S/C15H17FN4O3S2/c1-23-6-5-17-12(21)8-24-9-13-19-20-15(25-13)14(22)18-11-4-2-3-10(16)7-11/h2-4,7H,5-6,8-9H2,1H3,(H,17,21)(H,18,22). The van der Waals surface area contributed by atoms with Crippen molar-refractivity contribution in [2.45, 2.75) is 5.75 Å². The van der Waals surface area contributed by atoms with Gasteiger partial charge in [-0.3, -0.25) is 9.59 Å². The third kappa shape index (κ3) is 6.77. The van der Waals surface area contributed by atoms with Gasteiger partial charge in [0.15, 0.2) is 0 Å². The van der Waals surface area contributed by atoms with Crippen molar-refractivity contribution in [1.29, 1.82) is 0 Å². The summed E-state index contributed by atoms with van der Waals surface area (Å²) in [4.78, 5) is 23.6. The number of anilines is 1. The van der Waals surface area contributed by atoms with Crippen LogP contribution in [0.5, 0.6) is 0 Å². The maximum Gasteiger partial charge on any atom is 0.286 e. The van der Waals surface area contributed by atoms with Gasteiger partial charge in [0.2, 0.25) is 10.9 Å².